The summed E-state index contributed by atoms with van der Waals surface area (Å²) >= 11 is 12.1. The van der Waals surface area contributed by atoms with Gasteiger partial charge in [-0.15, -0.1) is 0 Å². The lowest BCUT2D eigenvalue weighted by molar-refractivity contribution is -0.126. The van der Waals surface area contributed by atoms with E-state index in [9.17, 15) is 13.2 Å². The molecule has 0 bridgehead atoms. The third-order valence-corrected chi connectivity index (χ3v) is 7.75. The van der Waals surface area contributed by atoms with Crippen molar-refractivity contribution in [3.05, 3.63) is 63.6 Å². The molecule has 1 fully saturated rings. The molecule has 1 aliphatic heterocycles. The van der Waals surface area contributed by atoms with E-state index in [0.29, 0.717) is 36.0 Å². The molecular weight excluding hydrogens is 431 g/mol. The van der Waals surface area contributed by atoms with Crippen molar-refractivity contribution in [3.8, 4) is 0 Å². The number of carbonyl (C=O) groups excluding carboxylic acids is 1. The molecule has 3 rings (SSSR count). The van der Waals surface area contributed by atoms with Gasteiger partial charge in [0, 0.05) is 29.1 Å². The van der Waals surface area contributed by atoms with Gasteiger partial charge < -0.3 is 5.32 Å². The monoisotopic (exact) mass is 454 g/mol. The molecule has 2 aromatic rings. The summed E-state index contributed by atoms with van der Waals surface area (Å²) in [6.45, 7) is 4.43. The van der Waals surface area contributed by atoms with Crippen molar-refractivity contribution in [2.45, 2.75) is 37.6 Å². The van der Waals surface area contributed by atoms with E-state index in [4.69, 9.17) is 23.2 Å². The van der Waals surface area contributed by atoms with Crippen molar-refractivity contribution >= 4 is 39.1 Å². The molecule has 1 unspecified atom stereocenters. The van der Waals surface area contributed by atoms with Crippen molar-refractivity contribution in [2.24, 2.45) is 5.92 Å². The van der Waals surface area contributed by atoms with Crippen LogP contribution < -0.4 is 5.32 Å². The molecule has 2 aromatic carbocycles. The zero-order chi connectivity index (χ0) is 21.2. The standard InChI is InChI=1S/C21H24Cl2N2O3S/c1-14-3-6-18(7-4-14)29(27,28)25-11-9-16(10-12-25)21(26)24-15(2)19-8-5-17(22)13-20(19)23/h3-8,13,15-16H,9-12H2,1-2H3,(H,24,26). The second-order valence-corrected chi connectivity index (χ2v) is 10.2. The topological polar surface area (TPSA) is 66.5 Å². The Bertz CT molecular complexity index is 985. The second kappa shape index (κ2) is 9.04. The summed E-state index contributed by atoms with van der Waals surface area (Å²) in [6, 6.07) is 11.7. The van der Waals surface area contributed by atoms with Crippen molar-refractivity contribution in [2.75, 3.05) is 13.1 Å². The average molecular weight is 455 g/mol. The predicted octanol–water partition coefficient (Wildman–Crippen LogP) is 4.58. The van der Waals surface area contributed by atoms with Crippen LogP contribution in [0.5, 0.6) is 0 Å². The van der Waals surface area contributed by atoms with Gasteiger partial charge in [-0.25, -0.2) is 8.42 Å². The SMILES string of the molecule is Cc1ccc(S(=O)(=O)N2CCC(C(=O)NC(C)c3ccc(Cl)cc3Cl)CC2)cc1. The molecule has 1 amide bonds. The first kappa shape index (κ1) is 22.1. The van der Waals surface area contributed by atoms with Crippen LogP contribution in [0.4, 0.5) is 0 Å². The van der Waals surface area contributed by atoms with Gasteiger partial charge in [-0.05, 0) is 56.5 Å². The zero-order valence-electron chi connectivity index (χ0n) is 16.4. The molecular formula is C21H24Cl2N2O3S. The summed E-state index contributed by atoms with van der Waals surface area (Å²) < 4.78 is 27.1. The van der Waals surface area contributed by atoms with Crippen LogP contribution in [0.2, 0.25) is 10.0 Å². The fourth-order valence-electron chi connectivity index (χ4n) is 3.48. The maximum atomic E-state index is 12.8. The van der Waals surface area contributed by atoms with Crippen LogP contribution in [-0.2, 0) is 14.8 Å². The Morgan fingerprint density at radius 1 is 1.10 bits per heavy atom. The number of sulfonamides is 1. The fraction of sp³-hybridized carbons (Fsp3) is 0.381. The van der Waals surface area contributed by atoms with Crippen LogP contribution in [0.1, 0.15) is 36.9 Å². The van der Waals surface area contributed by atoms with Crippen molar-refractivity contribution in [1.82, 2.24) is 9.62 Å². The van der Waals surface area contributed by atoms with Crippen LogP contribution in [0.3, 0.4) is 0 Å². The number of nitrogens with one attached hydrogen (secondary N) is 1. The third kappa shape index (κ3) is 5.12. The van der Waals surface area contributed by atoms with Gasteiger partial charge in [0.1, 0.15) is 0 Å². The molecule has 1 atom stereocenters. The van der Waals surface area contributed by atoms with E-state index >= 15 is 0 Å². The molecule has 5 nitrogen and oxygen atoms in total. The van der Waals surface area contributed by atoms with Gasteiger partial charge in [-0.3, -0.25) is 4.79 Å². The zero-order valence-corrected chi connectivity index (χ0v) is 18.7. The van der Waals surface area contributed by atoms with Gasteiger partial charge in [0.05, 0.1) is 10.9 Å². The maximum absolute atomic E-state index is 12.8. The number of benzene rings is 2. The number of aryl methyl sites for hydroxylation is 1. The molecule has 8 heteroatoms. The molecule has 1 N–H and O–H groups in total. The molecule has 0 saturated carbocycles. The minimum Gasteiger partial charge on any atom is -0.349 e. The number of nitrogens with zero attached hydrogens (tertiary/aromatic N) is 1. The van der Waals surface area contributed by atoms with E-state index in [1.165, 1.54) is 4.31 Å². The Morgan fingerprint density at radius 3 is 2.31 bits per heavy atom. The van der Waals surface area contributed by atoms with Crippen molar-refractivity contribution < 1.29 is 13.2 Å². The average Bonchev–Trinajstić information content (AvgIpc) is 2.68. The first-order valence-corrected chi connectivity index (χ1v) is 11.7. The Morgan fingerprint density at radius 2 is 1.72 bits per heavy atom. The van der Waals surface area contributed by atoms with Crippen LogP contribution >= 0.6 is 23.2 Å². The summed E-state index contributed by atoms with van der Waals surface area (Å²) in [5, 5.41) is 4.03. The second-order valence-electron chi connectivity index (χ2n) is 7.39. The van der Waals surface area contributed by atoms with E-state index in [1.54, 1.807) is 42.5 Å². The first-order valence-electron chi connectivity index (χ1n) is 9.50. The summed E-state index contributed by atoms with van der Waals surface area (Å²) in [5.41, 5.74) is 1.80. The number of amides is 1. The highest BCUT2D eigenvalue weighted by Crippen LogP contribution is 2.28. The molecule has 0 aromatic heterocycles. The van der Waals surface area contributed by atoms with Gasteiger partial charge in [0.25, 0.3) is 0 Å². The first-order chi connectivity index (χ1) is 13.7. The summed E-state index contributed by atoms with van der Waals surface area (Å²) in [7, 11) is -3.53. The van der Waals surface area contributed by atoms with E-state index in [1.807, 2.05) is 13.8 Å². The summed E-state index contributed by atoms with van der Waals surface area (Å²) in [4.78, 5) is 13.0. The highest BCUT2D eigenvalue weighted by Gasteiger charge is 2.32. The van der Waals surface area contributed by atoms with E-state index < -0.39 is 10.0 Å². The number of hydrogen-bond acceptors (Lipinski definition) is 3. The van der Waals surface area contributed by atoms with Crippen LogP contribution in [-0.4, -0.2) is 31.7 Å². The lowest BCUT2D eigenvalue weighted by atomic mass is 9.96. The smallest absolute Gasteiger partial charge is 0.243 e. The molecule has 1 saturated heterocycles. The highest BCUT2D eigenvalue weighted by atomic mass is 35.5. The Kier molecular flexibility index (Phi) is 6.89. The van der Waals surface area contributed by atoms with Gasteiger partial charge in [0.15, 0.2) is 0 Å². The molecule has 1 aliphatic rings. The minimum atomic E-state index is -3.53. The number of carbonyl (C=O) groups is 1. The van der Waals surface area contributed by atoms with E-state index in [0.717, 1.165) is 11.1 Å². The van der Waals surface area contributed by atoms with Crippen molar-refractivity contribution in [1.29, 1.82) is 0 Å². The molecule has 1 heterocycles. The van der Waals surface area contributed by atoms with E-state index in [2.05, 4.69) is 5.32 Å². The van der Waals surface area contributed by atoms with Crippen LogP contribution in [0, 0.1) is 12.8 Å². The van der Waals surface area contributed by atoms with Gasteiger partial charge in [-0.1, -0.05) is 47.0 Å². The van der Waals surface area contributed by atoms with Crippen LogP contribution in [0.25, 0.3) is 0 Å². The molecule has 0 radical (unpaired) electrons. The Hall–Kier alpha value is -1.60. The molecule has 29 heavy (non-hydrogen) atoms. The lowest BCUT2D eigenvalue weighted by Gasteiger charge is -2.31. The maximum Gasteiger partial charge on any atom is 0.243 e. The highest BCUT2D eigenvalue weighted by molar-refractivity contribution is 7.89. The number of halogens is 2. The van der Waals surface area contributed by atoms with Gasteiger partial charge in [-0.2, -0.15) is 4.31 Å². The molecule has 0 spiro atoms. The number of hydrogen-bond donors (Lipinski definition) is 1. The Labute approximate surface area is 182 Å². The lowest BCUT2D eigenvalue weighted by Crippen LogP contribution is -2.43. The van der Waals surface area contributed by atoms with Crippen LogP contribution in [0.15, 0.2) is 47.4 Å². The largest absolute Gasteiger partial charge is 0.349 e. The summed E-state index contributed by atoms with van der Waals surface area (Å²) in [5.74, 6) is -0.316. The predicted molar refractivity (Wildman–Crippen MR) is 116 cm³/mol. The van der Waals surface area contributed by atoms with Gasteiger partial charge in [0.2, 0.25) is 15.9 Å². The molecule has 156 valence electrons. The quantitative estimate of drug-likeness (QED) is 0.718. The molecule has 0 aliphatic carbocycles. The van der Waals surface area contributed by atoms with Crippen molar-refractivity contribution in [3.63, 3.8) is 0 Å². The normalized spacial score (nSPS) is 17.1. The van der Waals surface area contributed by atoms with E-state index in [-0.39, 0.29) is 22.8 Å². The minimum absolute atomic E-state index is 0.0871. The van der Waals surface area contributed by atoms with Gasteiger partial charge >= 0.3 is 0 Å². The number of rotatable bonds is 5. The number of piperidine rings is 1. The fourth-order valence-corrected chi connectivity index (χ4v) is 5.52. The Balaban J connectivity index is 1.60. The summed E-state index contributed by atoms with van der Waals surface area (Å²) in [6.07, 6.45) is 0.968. The third-order valence-electron chi connectivity index (χ3n) is 5.27.